The minimum absolute atomic E-state index is 0.0553. The molecule has 0 spiro atoms. The highest BCUT2D eigenvalue weighted by Gasteiger charge is 2.33. The topological polar surface area (TPSA) is 82.9 Å². The molecule has 0 saturated carbocycles. The molecule has 0 bridgehead atoms. The second-order valence-corrected chi connectivity index (χ2v) is 10.9. The van der Waals surface area contributed by atoms with E-state index in [1.165, 1.54) is 0 Å². The molecule has 1 aromatic carbocycles. The van der Waals surface area contributed by atoms with E-state index in [-0.39, 0.29) is 11.9 Å². The molecule has 1 aromatic heterocycles. The highest BCUT2D eigenvalue weighted by Crippen LogP contribution is 2.38. The summed E-state index contributed by atoms with van der Waals surface area (Å²) in [6.07, 6.45) is 5.09. The van der Waals surface area contributed by atoms with Crippen LogP contribution in [0.3, 0.4) is 0 Å². The molecule has 1 N–H and O–H groups in total. The van der Waals surface area contributed by atoms with E-state index in [9.17, 15) is 13.2 Å². The number of carbonyl (C=O) groups excluding carboxylic acids is 1. The Morgan fingerprint density at radius 1 is 1.10 bits per heavy atom. The van der Waals surface area contributed by atoms with Crippen molar-refractivity contribution in [2.24, 2.45) is 0 Å². The maximum Gasteiger partial charge on any atom is 0.240 e. The molecule has 3 aliphatic heterocycles. The molecular formula is C21H25N3O4S2. The van der Waals surface area contributed by atoms with Gasteiger partial charge in [0.2, 0.25) is 15.9 Å². The van der Waals surface area contributed by atoms with Gasteiger partial charge in [-0.25, -0.2) is 13.1 Å². The third-order valence-electron chi connectivity index (χ3n) is 6.22. The summed E-state index contributed by atoms with van der Waals surface area (Å²) in [6.45, 7) is 2.79. The van der Waals surface area contributed by atoms with Crippen LogP contribution in [0.15, 0.2) is 40.0 Å². The van der Waals surface area contributed by atoms with Gasteiger partial charge in [-0.15, -0.1) is 0 Å². The Bertz CT molecular complexity index is 1050. The lowest BCUT2D eigenvalue weighted by molar-refractivity contribution is -0.118. The zero-order chi connectivity index (χ0) is 20.7. The third kappa shape index (κ3) is 3.68. The number of anilines is 1. The lowest BCUT2D eigenvalue weighted by Crippen LogP contribution is -2.42. The summed E-state index contributed by atoms with van der Waals surface area (Å²) in [5.74, 6) is 2.23. The first kappa shape index (κ1) is 20.1. The highest BCUT2D eigenvalue weighted by atomic mass is 32.2. The molecule has 1 amide bonds. The summed E-state index contributed by atoms with van der Waals surface area (Å²) >= 11 is 1.92. The Morgan fingerprint density at radius 2 is 1.87 bits per heavy atom. The summed E-state index contributed by atoms with van der Waals surface area (Å²) in [7, 11) is -3.66. The fourth-order valence-electron chi connectivity index (χ4n) is 4.66. The minimum atomic E-state index is -3.66. The van der Waals surface area contributed by atoms with Gasteiger partial charge in [-0.2, -0.15) is 11.8 Å². The van der Waals surface area contributed by atoms with Crippen LogP contribution in [0.5, 0.6) is 0 Å². The zero-order valence-corrected chi connectivity index (χ0v) is 18.3. The molecule has 0 radical (unpaired) electrons. The van der Waals surface area contributed by atoms with E-state index in [2.05, 4.69) is 9.62 Å². The van der Waals surface area contributed by atoms with Crippen molar-refractivity contribution < 1.29 is 17.6 Å². The van der Waals surface area contributed by atoms with Crippen LogP contribution in [-0.4, -0.2) is 56.9 Å². The lowest BCUT2D eigenvalue weighted by atomic mass is 10.00. The van der Waals surface area contributed by atoms with Gasteiger partial charge in [0.15, 0.2) is 0 Å². The molecular weight excluding hydrogens is 422 g/mol. The van der Waals surface area contributed by atoms with E-state index in [0.29, 0.717) is 37.2 Å². The fraction of sp³-hybridized carbons (Fsp3) is 0.476. The van der Waals surface area contributed by atoms with Crippen molar-refractivity contribution in [3.05, 3.63) is 47.4 Å². The van der Waals surface area contributed by atoms with E-state index >= 15 is 0 Å². The standard InChI is InChI=1S/C21H25N3O4S2/c25-20-2-1-15-11-18(12-16-3-5-24(20)21(15)16)30(26,27)22-13-19(17-4-8-28-14-17)23-6-9-29-10-7-23/h4,8,11-12,14,19,22H,1-3,5-7,9-10,13H2/t19-/m0/s1. The van der Waals surface area contributed by atoms with Crippen LogP contribution in [0.25, 0.3) is 0 Å². The predicted octanol–water partition coefficient (Wildman–Crippen LogP) is 2.18. The van der Waals surface area contributed by atoms with E-state index in [1.54, 1.807) is 29.6 Å². The van der Waals surface area contributed by atoms with Crippen LogP contribution in [0.1, 0.15) is 29.2 Å². The Morgan fingerprint density at radius 3 is 2.60 bits per heavy atom. The average molecular weight is 448 g/mol. The minimum Gasteiger partial charge on any atom is -0.472 e. The van der Waals surface area contributed by atoms with Gasteiger partial charge in [-0.1, -0.05) is 0 Å². The van der Waals surface area contributed by atoms with Crippen LogP contribution < -0.4 is 9.62 Å². The Balaban J connectivity index is 1.38. The summed E-state index contributed by atoms with van der Waals surface area (Å²) in [5, 5.41) is 0. The van der Waals surface area contributed by atoms with Gasteiger partial charge in [0.1, 0.15) is 0 Å². The van der Waals surface area contributed by atoms with Crippen LogP contribution in [0.2, 0.25) is 0 Å². The first-order chi connectivity index (χ1) is 14.5. The number of hydrogen-bond donors (Lipinski definition) is 1. The smallest absolute Gasteiger partial charge is 0.240 e. The number of aryl methyl sites for hydroxylation is 1. The lowest BCUT2D eigenvalue weighted by Gasteiger charge is -2.34. The van der Waals surface area contributed by atoms with Gasteiger partial charge < -0.3 is 9.32 Å². The number of carbonyl (C=O) groups is 1. The fourth-order valence-corrected chi connectivity index (χ4v) is 6.73. The first-order valence-electron chi connectivity index (χ1n) is 10.3. The van der Waals surface area contributed by atoms with Crippen molar-refractivity contribution in [3.63, 3.8) is 0 Å². The maximum atomic E-state index is 13.2. The monoisotopic (exact) mass is 447 g/mol. The summed E-state index contributed by atoms with van der Waals surface area (Å²) in [5.41, 5.74) is 3.85. The van der Waals surface area contributed by atoms with Crippen LogP contribution in [0, 0.1) is 0 Å². The Kier molecular flexibility index (Phi) is 5.38. The number of benzene rings is 1. The molecule has 1 atom stereocenters. The molecule has 4 heterocycles. The van der Waals surface area contributed by atoms with Crippen molar-refractivity contribution in [3.8, 4) is 0 Å². The Hall–Kier alpha value is -1.81. The number of nitrogens with zero attached hydrogens (tertiary/aromatic N) is 2. The van der Waals surface area contributed by atoms with Crippen molar-refractivity contribution in [1.82, 2.24) is 9.62 Å². The number of thioether (sulfide) groups is 1. The second-order valence-electron chi connectivity index (χ2n) is 7.96. The summed E-state index contributed by atoms with van der Waals surface area (Å²) in [4.78, 5) is 16.5. The molecule has 1 saturated heterocycles. The van der Waals surface area contributed by atoms with Gasteiger partial charge in [0.05, 0.1) is 29.2 Å². The molecule has 3 aliphatic rings. The molecule has 1 fully saturated rings. The molecule has 30 heavy (non-hydrogen) atoms. The number of sulfonamides is 1. The van der Waals surface area contributed by atoms with Crippen LogP contribution in [0.4, 0.5) is 5.69 Å². The van der Waals surface area contributed by atoms with Gasteiger partial charge >= 0.3 is 0 Å². The normalized spacial score (nSPS) is 20.4. The predicted molar refractivity (Wildman–Crippen MR) is 116 cm³/mol. The van der Waals surface area contributed by atoms with Gasteiger partial charge in [-0.3, -0.25) is 9.69 Å². The summed E-state index contributed by atoms with van der Waals surface area (Å²) in [6, 6.07) is 5.34. The molecule has 160 valence electrons. The number of nitrogens with one attached hydrogen (secondary N) is 1. The Labute approximate surface area is 180 Å². The largest absolute Gasteiger partial charge is 0.472 e. The van der Waals surface area contributed by atoms with E-state index in [1.807, 2.05) is 17.8 Å². The van der Waals surface area contributed by atoms with Gasteiger partial charge in [-0.05, 0) is 42.2 Å². The number of hydrogen-bond acceptors (Lipinski definition) is 6. The number of rotatable bonds is 6. The molecule has 7 nitrogen and oxygen atoms in total. The SMILES string of the molecule is O=C1CCc2cc(S(=O)(=O)NC[C@@H](c3ccoc3)N3CCSCC3)cc3c2N1CC3. The van der Waals surface area contributed by atoms with E-state index in [0.717, 1.165) is 47.0 Å². The number of amides is 1. The van der Waals surface area contributed by atoms with E-state index < -0.39 is 10.0 Å². The molecule has 0 aliphatic carbocycles. The van der Waals surface area contributed by atoms with Crippen LogP contribution in [-0.2, 0) is 27.7 Å². The molecule has 0 unspecified atom stereocenters. The molecule has 9 heteroatoms. The van der Waals surface area contributed by atoms with Crippen molar-refractivity contribution >= 4 is 33.4 Å². The van der Waals surface area contributed by atoms with Crippen molar-refractivity contribution in [1.29, 1.82) is 0 Å². The summed E-state index contributed by atoms with van der Waals surface area (Å²) < 4.78 is 34.5. The zero-order valence-electron chi connectivity index (χ0n) is 16.7. The highest BCUT2D eigenvalue weighted by molar-refractivity contribution is 7.99. The average Bonchev–Trinajstić information content (AvgIpc) is 3.43. The van der Waals surface area contributed by atoms with E-state index in [4.69, 9.17) is 4.42 Å². The van der Waals surface area contributed by atoms with Gasteiger partial charge in [0, 0.05) is 49.7 Å². The van der Waals surface area contributed by atoms with Crippen molar-refractivity contribution in [2.75, 3.05) is 42.6 Å². The third-order valence-corrected chi connectivity index (χ3v) is 8.56. The van der Waals surface area contributed by atoms with Crippen LogP contribution >= 0.6 is 11.8 Å². The van der Waals surface area contributed by atoms with Crippen molar-refractivity contribution in [2.45, 2.75) is 30.2 Å². The maximum absolute atomic E-state index is 13.2. The second kappa shape index (κ2) is 8.03. The molecule has 5 rings (SSSR count). The quantitative estimate of drug-likeness (QED) is 0.731. The first-order valence-corrected chi connectivity index (χ1v) is 13.0. The number of furan rings is 1. The molecule has 2 aromatic rings. The van der Waals surface area contributed by atoms with Gasteiger partial charge in [0.25, 0.3) is 0 Å².